The Morgan fingerprint density at radius 3 is 2.62 bits per heavy atom. The van der Waals surface area contributed by atoms with E-state index in [1.807, 2.05) is 0 Å². The minimum atomic E-state index is -0.0161. The van der Waals surface area contributed by atoms with Gasteiger partial charge in [0.15, 0.2) is 6.23 Å². The van der Waals surface area contributed by atoms with Crippen LogP contribution in [0.4, 0.5) is 0 Å². The van der Waals surface area contributed by atoms with Crippen LogP contribution >= 0.6 is 0 Å². The van der Waals surface area contributed by atoms with Crippen molar-refractivity contribution >= 4 is 10.8 Å². The Balaban J connectivity index is 1.78. The summed E-state index contributed by atoms with van der Waals surface area (Å²) in [6.07, 6.45) is -0.0161. The third-order valence-corrected chi connectivity index (χ3v) is 5.04. The van der Waals surface area contributed by atoms with Gasteiger partial charge < -0.3 is 9.47 Å². The van der Waals surface area contributed by atoms with E-state index in [1.165, 1.54) is 21.9 Å². The molecule has 0 unspecified atom stereocenters. The minimum Gasteiger partial charge on any atom is -0.472 e. The van der Waals surface area contributed by atoms with Crippen LogP contribution in [-0.2, 0) is 4.74 Å². The van der Waals surface area contributed by atoms with E-state index in [4.69, 9.17) is 9.47 Å². The first-order valence-corrected chi connectivity index (χ1v) is 8.48. The number of hydrogen-bond donors (Lipinski definition) is 0. The molecule has 2 atom stereocenters. The van der Waals surface area contributed by atoms with Crippen molar-refractivity contribution in [3.8, 4) is 5.75 Å². The second kappa shape index (κ2) is 5.62. The van der Waals surface area contributed by atoms with Gasteiger partial charge in [-0.15, -0.1) is 0 Å². The van der Waals surface area contributed by atoms with Gasteiger partial charge in [-0.2, -0.15) is 0 Å². The van der Waals surface area contributed by atoms with Gasteiger partial charge in [-0.05, 0) is 22.4 Å². The minimum absolute atomic E-state index is 0.0161. The molecule has 0 N–H and O–H groups in total. The lowest BCUT2D eigenvalue weighted by atomic mass is 9.90. The van der Waals surface area contributed by atoms with Crippen LogP contribution in [0.15, 0.2) is 66.7 Å². The van der Waals surface area contributed by atoms with Gasteiger partial charge in [-0.25, -0.2) is 0 Å². The van der Waals surface area contributed by atoms with Crippen LogP contribution in [0, 0.1) is 0 Å². The van der Waals surface area contributed by atoms with Gasteiger partial charge in [0.2, 0.25) is 0 Å². The summed E-state index contributed by atoms with van der Waals surface area (Å²) in [6, 6.07) is 23.8. The molecule has 0 spiro atoms. The van der Waals surface area contributed by atoms with Crippen molar-refractivity contribution in [3.05, 3.63) is 77.9 Å². The molecule has 3 nitrogen and oxygen atoms in total. The number of rotatable bonds is 1. The third-order valence-electron chi connectivity index (χ3n) is 5.04. The highest BCUT2D eigenvalue weighted by Gasteiger charge is 2.39. The summed E-state index contributed by atoms with van der Waals surface area (Å²) in [7, 11) is 0. The lowest BCUT2D eigenvalue weighted by Gasteiger charge is -2.45. The molecular formula is C21H19NO2. The van der Waals surface area contributed by atoms with Crippen molar-refractivity contribution in [1.29, 1.82) is 0 Å². The van der Waals surface area contributed by atoms with Crippen molar-refractivity contribution in [3.63, 3.8) is 0 Å². The molecule has 2 aliphatic rings. The lowest BCUT2D eigenvalue weighted by molar-refractivity contribution is -0.115. The smallest absolute Gasteiger partial charge is 0.177 e. The van der Waals surface area contributed by atoms with Crippen molar-refractivity contribution in [2.24, 2.45) is 0 Å². The molecule has 3 heteroatoms. The molecule has 2 heterocycles. The van der Waals surface area contributed by atoms with Gasteiger partial charge in [-0.1, -0.05) is 60.7 Å². The zero-order chi connectivity index (χ0) is 15.9. The van der Waals surface area contributed by atoms with Crippen molar-refractivity contribution < 1.29 is 9.47 Å². The SMILES string of the molecule is c1ccc([C@@H]2c3c(ccc4ccccc34)O[C@H]3COCCN23)cc1. The molecule has 0 radical (unpaired) electrons. The average molecular weight is 317 g/mol. The van der Waals surface area contributed by atoms with Crippen LogP contribution in [0.5, 0.6) is 5.75 Å². The summed E-state index contributed by atoms with van der Waals surface area (Å²) >= 11 is 0. The van der Waals surface area contributed by atoms with E-state index in [0.717, 1.165) is 18.9 Å². The summed E-state index contributed by atoms with van der Waals surface area (Å²) in [5.74, 6) is 0.981. The zero-order valence-electron chi connectivity index (χ0n) is 13.4. The van der Waals surface area contributed by atoms with Crippen LogP contribution in [0.2, 0.25) is 0 Å². The number of ether oxygens (including phenoxy) is 2. The van der Waals surface area contributed by atoms with Gasteiger partial charge in [0.1, 0.15) is 5.75 Å². The van der Waals surface area contributed by atoms with Crippen LogP contribution in [0.1, 0.15) is 17.2 Å². The van der Waals surface area contributed by atoms with Crippen LogP contribution in [0.3, 0.4) is 0 Å². The normalized spacial score (nSPS) is 23.3. The number of nitrogens with zero attached hydrogens (tertiary/aromatic N) is 1. The largest absolute Gasteiger partial charge is 0.472 e. The highest BCUT2D eigenvalue weighted by atomic mass is 16.6. The summed E-state index contributed by atoms with van der Waals surface area (Å²) in [6.45, 7) is 2.26. The Labute approximate surface area is 141 Å². The monoisotopic (exact) mass is 317 g/mol. The summed E-state index contributed by atoms with van der Waals surface area (Å²) in [5.41, 5.74) is 2.59. The fourth-order valence-corrected chi connectivity index (χ4v) is 3.96. The molecule has 3 aromatic rings. The first-order chi connectivity index (χ1) is 11.9. The molecule has 24 heavy (non-hydrogen) atoms. The molecule has 0 bridgehead atoms. The summed E-state index contributed by atoms with van der Waals surface area (Å²) < 4.78 is 12.0. The van der Waals surface area contributed by atoms with Crippen LogP contribution < -0.4 is 4.74 Å². The van der Waals surface area contributed by atoms with Crippen molar-refractivity contribution in [2.75, 3.05) is 19.8 Å². The Bertz CT molecular complexity index is 877. The Morgan fingerprint density at radius 1 is 0.875 bits per heavy atom. The first-order valence-electron chi connectivity index (χ1n) is 8.48. The Morgan fingerprint density at radius 2 is 1.71 bits per heavy atom. The second-order valence-electron chi connectivity index (χ2n) is 6.40. The predicted molar refractivity (Wildman–Crippen MR) is 94.2 cm³/mol. The number of morpholine rings is 1. The van der Waals surface area contributed by atoms with Crippen molar-refractivity contribution in [2.45, 2.75) is 12.3 Å². The highest BCUT2D eigenvalue weighted by molar-refractivity contribution is 5.89. The van der Waals surface area contributed by atoms with Crippen molar-refractivity contribution in [1.82, 2.24) is 4.90 Å². The maximum atomic E-state index is 6.30. The number of hydrogen-bond acceptors (Lipinski definition) is 3. The topological polar surface area (TPSA) is 21.7 Å². The quantitative estimate of drug-likeness (QED) is 0.677. The van der Waals surface area contributed by atoms with Gasteiger partial charge in [0, 0.05) is 12.1 Å². The molecule has 120 valence electrons. The molecule has 1 fully saturated rings. The van der Waals surface area contributed by atoms with Crippen LogP contribution in [0.25, 0.3) is 10.8 Å². The third kappa shape index (κ3) is 2.13. The summed E-state index contributed by atoms with van der Waals surface area (Å²) in [5, 5.41) is 2.53. The van der Waals surface area contributed by atoms with E-state index in [0.29, 0.717) is 6.61 Å². The molecule has 0 amide bonds. The molecule has 5 rings (SSSR count). The molecule has 2 aliphatic heterocycles. The molecule has 0 aliphatic carbocycles. The van der Waals surface area contributed by atoms with Gasteiger partial charge in [0.25, 0.3) is 0 Å². The van der Waals surface area contributed by atoms with Crippen LogP contribution in [-0.4, -0.2) is 30.9 Å². The van der Waals surface area contributed by atoms with E-state index in [9.17, 15) is 0 Å². The van der Waals surface area contributed by atoms with Gasteiger partial charge in [0.05, 0.1) is 19.3 Å². The number of benzene rings is 3. The van der Waals surface area contributed by atoms with E-state index in [1.54, 1.807) is 0 Å². The zero-order valence-corrected chi connectivity index (χ0v) is 13.4. The molecule has 0 aromatic heterocycles. The molecule has 3 aromatic carbocycles. The first kappa shape index (κ1) is 14.0. The average Bonchev–Trinajstić information content (AvgIpc) is 2.66. The maximum absolute atomic E-state index is 6.30. The standard InChI is InChI=1S/C21H19NO2/c1-2-7-16(8-3-1)21-20-17-9-5-4-6-15(17)10-11-18(20)24-19-14-23-13-12-22(19)21/h1-11,19,21H,12-14H2/t19-,21+/m0/s1. The highest BCUT2D eigenvalue weighted by Crippen LogP contribution is 2.44. The molecular weight excluding hydrogens is 298 g/mol. The molecule has 0 saturated carbocycles. The van der Waals surface area contributed by atoms with E-state index < -0.39 is 0 Å². The van der Waals surface area contributed by atoms with E-state index in [2.05, 4.69) is 71.6 Å². The van der Waals surface area contributed by atoms with Gasteiger partial charge >= 0.3 is 0 Å². The second-order valence-corrected chi connectivity index (χ2v) is 6.40. The predicted octanol–water partition coefficient (Wildman–Crippen LogP) is 3.98. The lowest BCUT2D eigenvalue weighted by Crippen LogP contribution is -2.53. The molecule has 1 saturated heterocycles. The maximum Gasteiger partial charge on any atom is 0.177 e. The fraction of sp³-hybridized carbons (Fsp3) is 0.238. The van der Waals surface area contributed by atoms with E-state index >= 15 is 0 Å². The van der Waals surface area contributed by atoms with Gasteiger partial charge in [-0.3, -0.25) is 4.90 Å². The Hall–Kier alpha value is -2.36. The Kier molecular flexibility index (Phi) is 3.28. The number of fused-ring (bicyclic) bond motifs is 4. The fourth-order valence-electron chi connectivity index (χ4n) is 3.96. The summed E-state index contributed by atoms with van der Waals surface area (Å²) in [4.78, 5) is 2.44. The van der Waals surface area contributed by atoms with E-state index in [-0.39, 0.29) is 12.3 Å².